The van der Waals surface area contributed by atoms with Crippen LogP contribution in [0.3, 0.4) is 0 Å². The van der Waals surface area contributed by atoms with Crippen molar-refractivity contribution in [1.82, 2.24) is 4.98 Å². The third kappa shape index (κ3) is 4.14. The van der Waals surface area contributed by atoms with Crippen LogP contribution in [-0.2, 0) is 9.53 Å². The van der Waals surface area contributed by atoms with Gasteiger partial charge in [-0.05, 0) is 24.3 Å². The number of pyridine rings is 1. The normalized spacial score (nSPS) is 9.96. The number of hydrogen-bond donors (Lipinski definition) is 1. The van der Waals surface area contributed by atoms with E-state index in [0.29, 0.717) is 11.4 Å². The number of halogens is 1. The van der Waals surface area contributed by atoms with Crippen LogP contribution < -0.4 is 14.8 Å². The fourth-order valence-corrected chi connectivity index (χ4v) is 2.09. The number of hydrogen-bond acceptors (Lipinski definition) is 6. The molecule has 8 heteroatoms. The maximum absolute atomic E-state index is 12.1. The molecule has 1 N–H and O–H groups in total. The first kappa shape index (κ1) is 17.6. The Labute approximate surface area is 143 Å². The number of esters is 1. The minimum atomic E-state index is -0.710. The minimum Gasteiger partial charge on any atom is -0.493 e. The number of methoxy groups -OCH3 is 2. The molecule has 0 radical (unpaired) electrons. The molecule has 0 saturated carbocycles. The molecule has 0 atom stereocenters. The summed E-state index contributed by atoms with van der Waals surface area (Å²) >= 11 is 5.84. The summed E-state index contributed by atoms with van der Waals surface area (Å²) in [5, 5.41) is 2.65. The highest BCUT2D eigenvalue weighted by atomic mass is 35.5. The lowest BCUT2D eigenvalue weighted by Gasteiger charge is -2.12. The predicted octanol–water partition coefficient (Wildman–Crippen LogP) is 2.55. The third-order valence-corrected chi connectivity index (χ3v) is 3.29. The van der Waals surface area contributed by atoms with Gasteiger partial charge in [0, 0.05) is 6.20 Å². The van der Waals surface area contributed by atoms with Gasteiger partial charge in [-0.15, -0.1) is 0 Å². The Hall–Kier alpha value is -2.80. The first-order valence-corrected chi connectivity index (χ1v) is 7.23. The maximum atomic E-state index is 12.1. The van der Waals surface area contributed by atoms with Crippen molar-refractivity contribution >= 4 is 29.2 Å². The molecule has 0 bridgehead atoms. The zero-order chi connectivity index (χ0) is 17.5. The molecule has 7 nitrogen and oxygen atoms in total. The molecule has 0 spiro atoms. The number of amides is 1. The second kappa shape index (κ2) is 8.16. The van der Waals surface area contributed by atoms with Crippen LogP contribution in [0, 0.1) is 0 Å². The smallest absolute Gasteiger partial charge is 0.342 e. The predicted molar refractivity (Wildman–Crippen MR) is 87.7 cm³/mol. The zero-order valence-corrected chi connectivity index (χ0v) is 13.8. The van der Waals surface area contributed by atoms with Gasteiger partial charge in [-0.25, -0.2) is 9.78 Å². The molecule has 0 fully saturated rings. The molecule has 0 aliphatic heterocycles. The van der Waals surface area contributed by atoms with Crippen molar-refractivity contribution in [1.29, 1.82) is 0 Å². The first-order valence-electron chi connectivity index (χ1n) is 6.85. The van der Waals surface area contributed by atoms with Gasteiger partial charge in [-0.1, -0.05) is 17.7 Å². The lowest BCUT2D eigenvalue weighted by molar-refractivity contribution is -0.119. The number of carbonyl (C=O) groups excluding carboxylic acids is 2. The van der Waals surface area contributed by atoms with E-state index in [1.807, 2.05) is 0 Å². The number of nitrogens with one attached hydrogen (secondary N) is 1. The molecule has 0 aliphatic carbocycles. The van der Waals surface area contributed by atoms with Gasteiger partial charge in [0.05, 0.1) is 19.9 Å². The maximum Gasteiger partial charge on any atom is 0.342 e. The van der Waals surface area contributed by atoms with Gasteiger partial charge in [-0.3, -0.25) is 4.79 Å². The summed E-state index contributed by atoms with van der Waals surface area (Å²) < 4.78 is 15.3. The van der Waals surface area contributed by atoms with Crippen LogP contribution in [0.4, 0.5) is 5.69 Å². The van der Waals surface area contributed by atoms with Gasteiger partial charge in [0.1, 0.15) is 5.56 Å². The Morgan fingerprint density at radius 1 is 1.17 bits per heavy atom. The molecule has 0 aliphatic rings. The average Bonchev–Trinajstić information content (AvgIpc) is 2.60. The van der Waals surface area contributed by atoms with Crippen LogP contribution in [0.1, 0.15) is 10.4 Å². The van der Waals surface area contributed by atoms with Gasteiger partial charge >= 0.3 is 5.97 Å². The van der Waals surface area contributed by atoms with Crippen molar-refractivity contribution in [2.45, 2.75) is 0 Å². The molecule has 1 heterocycles. The lowest BCUT2D eigenvalue weighted by Crippen LogP contribution is -2.21. The highest BCUT2D eigenvalue weighted by molar-refractivity contribution is 6.32. The molecule has 1 amide bonds. The third-order valence-electron chi connectivity index (χ3n) is 2.99. The molecule has 24 heavy (non-hydrogen) atoms. The summed E-state index contributed by atoms with van der Waals surface area (Å²) in [5.74, 6) is -0.627. The van der Waals surface area contributed by atoms with Gasteiger partial charge in [-0.2, -0.15) is 0 Å². The highest BCUT2D eigenvalue weighted by Crippen LogP contribution is 2.31. The minimum absolute atomic E-state index is 0.145. The van der Waals surface area contributed by atoms with Crippen molar-refractivity contribution in [3.63, 3.8) is 0 Å². The number of rotatable bonds is 6. The van der Waals surface area contributed by atoms with Gasteiger partial charge in [0.25, 0.3) is 5.91 Å². The molecular formula is C16H15ClN2O5. The number of benzene rings is 1. The summed E-state index contributed by atoms with van der Waals surface area (Å²) in [6.07, 6.45) is 1.49. The molecule has 126 valence electrons. The molecule has 2 aromatic rings. The number of carbonyl (C=O) groups is 2. The van der Waals surface area contributed by atoms with E-state index < -0.39 is 18.5 Å². The summed E-state index contributed by atoms with van der Waals surface area (Å²) in [6, 6.07) is 7.98. The fraction of sp³-hybridized carbons (Fsp3) is 0.188. The number of nitrogens with zero attached hydrogens (tertiary/aromatic N) is 1. The van der Waals surface area contributed by atoms with Crippen LogP contribution in [-0.4, -0.2) is 37.7 Å². The van der Waals surface area contributed by atoms with Crippen LogP contribution in [0.15, 0.2) is 36.5 Å². The number of para-hydroxylation sites is 1. The van der Waals surface area contributed by atoms with Crippen molar-refractivity contribution in [3.05, 3.63) is 47.2 Å². The Balaban J connectivity index is 2.01. The zero-order valence-electron chi connectivity index (χ0n) is 13.0. The van der Waals surface area contributed by atoms with Crippen LogP contribution >= 0.6 is 11.6 Å². The lowest BCUT2D eigenvalue weighted by atomic mass is 10.2. The summed E-state index contributed by atoms with van der Waals surface area (Å²) in [4.78, 5) is 27.8. The van der Waals surface area contributed by atoms with E-state index in [1.165, 1.54) is 26.5 Å². The van der Waals surface area contributed by atoms with Crippen LogP contribution in [0.5, 0.6) is 11.5 Å². The summed E-state index contributed by atoms with van der Waals surface area (Å²) in [7, 11) is 2.86. The van der Waals surface area contributed by atoms with Gasteiger partial charge in [0.2, 0.25) is 0 Å². The number of aromatic nitrogens is 1. The molecule has 1 aromatic carbocycles. The topological polar surface area (TPSA) is 86.8 Å². The van der Waals surface area contributed by atoms with E-state index >= 15 is 0 Å². The quantitative estimate of drug-likeness (QED) is 0.636. The summed E-state index contributed by atoms with van der Waals surface area (Å²) in [5.41, 5.74) is 0.489. The average molecular weight is 351 g/mol. The van der Waals surface area contributed by atoms with E-state index in [4.69, 9.17) is 25.8 Å². The molecular weight excluding hydrogens is 336 g/mol. The van der Waals surface area contributed by atoms with E-state index in [1.54, 1.807) is 24.3 Å². The SMILES string of the molecule is COc1cccc(C(=O)OCC(=O)Nc2cccnc2Cl)c1OC. The monoisotopic (exact) mass is 350 g/mol. The van der Waals surface area contributed by atoms with Gasteiger partial charge in [0.15, 0.2) is 23.3 Å². The van der Waals surface area contributed by atoms with Crippen molar-refractivity contribution < 1.29 is 23.8 Å². The second-order valence-electron chi connectivity index (χ2n) is 4.51. The Bertz CT molecular complexity index is 751. The molecule has 0 saturated heterocycles. The summed E-state index contributed by atoms with van der Waals surface area (Å²) in [6.45, 7) is -0.482. The van der Waals surface area contributed by atoms with E-state index in [0.717, 1.165) is 0 Å². The number of anilines is 1. The van der Waals surface area contributed by atoms with Crippen molar-refractivity contribution in [2.75, 3.05) is 26.1 Å². The Morgan fingerprint density at radius 3 is 2.62 bits per heavy atom. The fourth-order valence-electron chi connectivity index (χ4n) is 1.92. The van der Waals surface area contributed by atoms with Crippen LogP contribution in [0.25, 0.3) is 0 Å². The Morgan fingerprint density at radius 2 is 1.96 bits per heavy atom. The van der Waals surface area contributed by atoms with Crippen molar-refractivity contribution in [3.8, 4) is 11.5 Å². The number of ether oxygens (including phenoxy) is 3. The van der Waals surface area contributed by atoms with Gasteiger partial charge < -0.3 is 19.5 Å². The van der Waals surface area contributed by atoms with E-state index in [2.05, 4.69) is 10.3 Å². The van der Waals surface area contributed by atoms with Crippen molar-refractivity contribution in [2.24, 2.45) is 0 Å². The van der Waals surface area contributed by atoms with E-state index in [9.17, 15) is 9.59 Å². The molecule has 2 rings (SSSR count). The second-order valence-corrected chi connectivity index (χ2v) is 4.87. The highest BCUT2D eigenvalue weighted by Gasteiger charge is 2.18. The molecule has 1 aromatic heterocycles. The van der Waals surface area contributed by atoms with E-state index in [-0.39, 0.29) is 16.5 Å². The largest absolute Gasteiger partial charge is 0.493 e. The Kier molecular flexibility index (Phi) is 5.97. The first-order chi connectivity index (χ1) is 11.6. The van der Waals surface area contributed by atoms with Crippen LogP contribution in [0.2, 0.25) is 5.15 Å². The molecule has 0 unspecified atom stereocenters. The standard InChI is InChI=1S/C16H15ClN2O5/c1-22-12-7-3-5-10(14(12)23-2)16(21)24-9-13(20)19-11-6-4-8-18-15(11)17/h3-8H,9H2,1-2H3,(H,19,20).